The van der Waals surface area contributed by atoms with Crippen LogP contribution in [0.2, 0.25) is 0 Å². The first-order chi connectivity index (χ1) is 10.1. The van der Waals surface area contributed by atoms with Gasteiger partial charge in [-0.3, -0.25) is 14.4 Å². The Morgan fingerprint density at radius 1 is 1.29 bits per heavy atom. The Bertz CT molecular complexity index is 537. The first kappa shape index (κ1) is 16.6. The number of Topliss-reactive ketones (excluding diaryl/α,β-unsaturated/α-hetero) is 1. The van der Waals surface area contributed by atoms with Gasteiger partial charge in [-0.1, -0.05) is 32.1 Å². The Morgan fingerprint density at radius 2 is 2.00 bits per heavy atom. The second kappa shape index (κ2) is 8.68. The molecule has 0 aliphatic rings. The van der Waals surface area contributed by atoms with Crippen LogP contribution in [0.5, 0.6) is 5.75 Å². The van der Waals surface area contributed by atoms with Gasteiger partial charge < -0.3 is 10.1 Å². The van der Waals surface area contributed by atoms with Crippen LogP contribution in [0, 0.1) is 0 Å². The fraction of sp³-hybridized carbons (Fsp3) is 0.312. The van der Waals surface area contributed by atoms with E-state index in [0.29, 0.717) is 12.1 Å². The summed E-state index contributed by atoms with van der Waals surface area (Å²) < 4.78 is 5.13. The molecule has 0 aromatic heterocycles. The number of amides is 1. The van der Waals surface area contributed by atoms with Crippen LogP contribution in [0.1, 0.15) is 32.6 Å². The summed E-state index contributed by atoms with van der Waals surface area (Å²) in [6.07, 6.45) is 2.90. The molecular weight excluding hydrogens is 270 g/mol. The van der Waals surface area contributed by atoms with E-state index in [1.54, 1.807) is 24.3 Å². The Morgan fingerprint density at radius 3 is 2.67 bits per heavy atom. The number of esters is 1. The van der Waals surface area contributed by atoms with Crippen molar-refractivity contribution < 1.29 is 19.1 Å². The predicted molar refractivity (Wildman–Crippen MR) is 80.1 cm³/mol. The van der Waals surface area contributed by atoms with E-state index < -0.39 is 11.9 Å². The molecule has 5 heteroatoms. The number of hydrogen-bond donors (Lipinski definition) is 1. The molecule has 0 saturated carbocycles. The Hall–Kier alpha value is -2.43. The summed E-state index contributed by atoms with van der Waals surface area (Å²) in [6.45, 7) is 5.33. The molecule has 1 amide bonds. The van der Waals surface area contributed by atoms with Gasteiger partial charge in [0.25, 0.3) is 0 Å². The maximum atomic E-state index is 11.7. The number of nitrogens with one attached hydrogen (secondary N) is 1. The van der Waals surface area contributed by atoms with Crippen molar-refractivity contribution in [3.8, 4) is 5.75 Å². The summed E-state index contributed by atoms with van der Waals surface area (Å²) in [7, 11) is 0. The highest BCUT2D eigenvalue weighted by atomic mass is 16.5. The summed E-state index contributed by atoms with van der Waals surface area (Å²) in [5, 5.41) is 2.53. The lowest BCUT2D eigenvalue weighted by atomic mass is 10.1. The number of benzene rings is 1. The number of para-hydroxylation sites is 2. The van der Waals surface area contributed by atoms with Crippen molar-refractivity contribution in [2.45, 2.75) is 32.6 Å². The van der Waals surface area contributed by atoms with E-state index in [0.717, 1.165) is 18.9 Å². The van der Waals surface area contributed by atoms with Gasteiger partial charge in [-0.2, -0.15) is 0 Å². The Balaban J connectivity index is 2.65. The van der Waals surface area contributed by atoms with Crippen LogP contribution >= 0.6 is 0 Å². The van der Waals surface area contributed by atoms with Crippen molar-refractivity contribution in [2.24, 2.45) is 0 Å². The molecule has 0 heterocycles. The van der Waals surface area contributed by atoms with Gasteiger partial charge >= 0.3 is 5.97 Å². The molecule has 0 fully saturated rings. The van der Waals surface area contributed by atoms with Crippen LogP contribution < -0.4 is 10.1 Å². The van der Waals surface area contributed by atoms with Gasteiger partial charge in [0, 0.05) is 6.42 Å². The molecule has 0 bridgehead atoms. The van der Waals surface area contributed by atoms with Gasteiger partial charge in [-0.05, 0) is 24.6 Å². The highest BCUT2D eigenvalue weighted by molar-refractivity contribution is 6.01. The van der Waals surface area contributed by atoms with E-state index in [2.05, 4.69) is 11.9 Å². The normalized spacial score (nSPS) is 9.76. The number of anilines is 1. The molecule has 0 spiro atoms. The van der Waals surface area contributed by atoms with E-state index in [4.69, 9.17) is 4.74 Å². The van der Waals surface area contributed by atoms with Crippen molar-refractivity contribution in [1.82, 2.24) is 0 Å². The molecule has 21 heavy (non-hydrogen) atoms. The monoisotopic (exact) mass is 289 g/mol. The standard InChI is InChI=1S/C16H19NO4/c1-3-5-8-12(18)11-16(20)21-14-10-7-6-9-13(14)17-15(19)4-2/h4,6-7,9-10H,2-3,5,8,11H2,1H3,(H,17,19). The van der Waals surface area contributed by atoms with Crippen LogP contribution in [0.25, 0.3) is 0 Å². The summed E-state index contributed by atoms with van der Waals surface area (Å²) in [6, 6.07) is 6.52. The molecule has 0 aliphatic heterocycles. The van der Waals surface area contributed by atoms with Crippen LogP contribution in [0.3, 0.4) is 0 Å². The smallest absolute Gasteiger partial charge is 0.318 e. The number of unbranched alkanes of at least 4 members (excludes halogenated alkanes) is 1. The van der Waals surface area contributed by atoms with Crippen LogP contribution in [-0.2, 0) is 14.4 Å². The molecule has 0 aliphatic carbocycles. The average Bonchev–Trinajstić information content (AvgIpc) is 2.46. The van der Waals surface area contributed by atoms with E-state index in [1.807, 2.05) is 6.92 Å². The molecule has 0 unspecified atom stereocenters. The fourth-order valence-electron chi connectivity index (χ4n) is 1.62. The number of rotatable bonds is 8. The minimum absolute atomic E-state index is 0.144. The summed E-state index contributed by atoms with van der Waals surface area (Å²) in [4.78, 5) is 34.5. The molecule has 5 nitrogen and oxygen atoms in total. The van der Waals surface area contributed by atoms with Crippen LogP contribution in [0.15, 0.2) is 36.9 Å². The molecular formula is C16H19NO4. The van der Waals surface area contributed by atoms with E-state index in [1.165, 1.54) is 0 Å². The molecule has 1 aromatic rings. The summed E-state index contributed by atoms with van der Waals surface area (Å²) in [5.41, 5.74) is 0.358. The van der Waals surface area contributed by atoms with Crippen molar-refractivity contribution in [3.05, 3.63) is 36.9 Å². The van der Waals surface area contributed by atoms with Crippen LogP contribution in [-0.4, -0.2) is 17.7 Å². The average molecular weight is 289 g/mol. The summed E-state index contributed by atoms with van der Waals surface area (Å²) in [5.74, 6) is -0.968. The second-order valence-corrected chi connectivity index (χ2v) is 4.48. The third kappa shape index (κ3) is 6.03. The lowest BCUT2D eigenvalue weighted by Crippen LogP contribution is -2.15. The highest BCUT2D eigenvalue weighted by Gasteiger charge is 2.14. The molecule has 1 aromatic carbocycles. The number of ether oxygens (including phenoxy) is 1. The molecule has 1 rings (SSSR count). The number of hydrogen-bond acceptors (Lipinski definition) is 4. The largest absolute Gasteiger partial charge is 0.424 e. The third-order valence-corrected chi connectivity index (χ3v) is 2.70. The highest BCUT2D eigenvalue weighted by Crippen LogP contribution is 2.24. The van der Waals surface area contributed by atoms with Gasteiger partial charge in [0.2, 0.25) is 5.91 Å². The van der Waals surface area contributed by atoms with Crippen molar-refractivity contribution in [1.29, 1.82) is 0 Å². The minimum atomic E-state index is -0.628. The van der Waals surface area contributed by atoms with Gasteiger partial charge in [0.1, 0.15) is 12.2 Å². The van der Waals surface area contributed by atoms with Gasteiger partial charge in [-0.25, -0.2) is 0 Å². The number of carbonyl (C=O) groups excluding carboxylic acids is 3. The Kier molecular flexibility index (Phi) is 6.87. The Labute approximate surface area is 124 Å². The second-order valence-electron chi connectivity index (χ2n) is 4.48. The van der Waals surface area contributed by atoms with Crippen molar-refractivity contribution in [2.75, 3.05) is 5.32 Å². The van der Waals surface area contributed by atoms with Crippen LogP contribution in [0.4, 0.5) is 5.69 Å². The zero-order chi connectivity index (χ0) is 15.7. The fourth-order valence-corrected chi connectivity index (χ4v) is 1.62. The molecule has 1 N–H and O–H groups in total. The molecule has 0 saturated heterocycles. The van der Waals surface area contributed by atoms with Crippen molar-refractivity contribution in [3.63, 3.8) is 0 Å². The van der Waals surface area contributed by atoms with Gasteiger partial charge in [-0.15, -0.1) is 0 Å². The lowest BCUT2D eigenvalue weighted by molar-refractivity contribution is -0.138. The number of ketones is 1. The summed E-state index contributed by atoms with van der Waals surface area (Å²) >= 11 is 0. The zero-order valence-corrected chi connectivity index (χ0v) is 12.1. The maximum absolute atomic E-state index is 11.7. The SMILES string of the molecule is C=CC(=O)Nc1ccccc1OC(=O)CC(=O)CCCC. The first-order valence-electron chi connectivity index (χ1n) is 6.81. The maximum Gasteiger partial charge on any atom is 0.318 e. The topological polar surface area (TPSA) is 72.5 Å². The number of carbonyl (C=O) groups is 3. The third-order valence-electron chi connectivity index (χ3n) is 2.70. The van der Waals surface area contributed by atoms with Gasteiger partial charge in [0.15, 0.2) is 5.75 Å². The predicted octanol–water partition coefficient (Wildman–Crippen LogP) is 2.87. The zero-order valence-electron chi connectivity index (χ0n) is 12.1. The van der Waals surface area contributed by atoms with E-state index >= 15 is 0 Å². The lowest BCUT2D eigenvalue weighted by Gasteiger charge is -2.09. The molecule has 0 radical (unpaired) electrons. The molecule has 112 valence electrons. The van der Waals surface area contributed by atoms with Gasteiger partial charge in [0.05, 0.1) is 5.69 Å². The minimum Gasteiger partial charge on any atom is -0.424 e. The van der Waals surface area contributed by atoms with E-state index in [-0.39, 0.29) is 18.0 Å². The quantitative estimate of drug-likeness (QED) is 0.346. The molecule has 0 atom stereocenters. The van der Waals surface area contributed by atoms with E-state index in [9.17, 15) is 14.4 Å². The first-order valence-corrected chi connectivity index (χ1v) is 6.81. The van der Waals surface area contributed by atoms with Crippen molar-refractivity contribution >= 4 is 23.3 Å².